The highest BCUT2D eigenvalue weighted by molar-refractivity contribution is 5.66. The molecule has 0 spiro atoms. The van der Waals surface area contributed by atoms with Gasteiger partial charge in [-0.1, -0.05) is 42.5 Å². The number of fused-ring (bicyclic) bond motifs is 1. The minimum atomic E-state index is 0.815. The zero-order chi connectivity index (χ0) is 18.1. The van der Waals surface area contributed by atoms with Crippen LogP contribution in [-0.4, -0.2) is 24.1 Å². The molecule has 0 aliphatic rings. The molecule has 5 heteroatoms. The summed E-state index contributed by atoms with van der Waals surface area (Å²) < 4.78 is 3.91. The molecule has 0 aliphatic carbocycles. The van der Waals surface area contributed by atoms with Crippen molar-refractivity contribution in [1.82, 2.24) is 24.1 Å². The molecule has 0 fully saturated rings. The molecule has 5 rings (SSSR count). The molecule has 3 aromatic heterocycles. The van der Waals surface area contributed by atoms with Crippen molar-refractivity contribution < 1.29 is 0 Å². The fourth-order valence-corrected chi connectivity index (χ4v) is 3.34. The second kappa shape index (κ2) is 6.53. The first-order valence-electron chi connectivity index (χ1n) is 8.83. The Morgan fingerprint density at radius 2 is 1.81 bits per heavy atom. The Hall–Kier alpha value is -3.73. The Kier molecular flexibility index (Phi) is 3.76. The number of nitrogens with zero attached hydrogens (tertiary/aromatic N) is 5. The molecule has 0 aliphatic heterocycles. The highest BCUT2D eigenvalue weighted by Crippen LogP contribution is 2.24. The van der Waals surface area contributed by atoms with Crippen molar-refractivity contribution in [2.45, 2.75) is 6.42 Å². The van der Waals surface area contributed by atoms with Gasteiger partial charge < -0.3 is 4.57 Å². The maximum Gasteiger partial charge on any atom is 0.159 e. The zero-order valence-electron chi connectivity index (χ0n) is 14.6. The lowest BCUT2D eigenvalue weighted by Crippen LogP contribution is -1.98. The lowest BCUT2D eigenvalue weighted by Gasteiger charge is -2.08. The van der Waals surface area contributed by atoms with Gasteiger partial charge in [0.05, 0.1) is 18.2 Å². The van der Waals surface area contributed by atoms with E-state index in [-0.39, 0.29) is 0 Å². The molecule has 0 N–H and O–H groups in total. The lowest BCUT2D eigenvalue weighted by atomic mass is 10.1. The Morgan fingerprint density at radius 1 is 0.889 bits per heavy atom. The second-order valence-corrected chi connectivity index (χ2v) is 6.42. The van der Waals surface area contributed by atoms with Gasteiger partial charge in [-0.3, -0.25) is 0 Å². The molecule has 0 saturated heterocycles. The van der Waals surface area contributed by atoms with Crippen molar-refractivity contribution in [2.24, 2.45) is 0 Å². The van der Waals surface area contributed by atoms with Crippen LogP contribution in [0, 0.1) is 0 Å². The molecule has 2 aromatic carbocycles. The Morgan fingerprint density at radius 3 is 2.67 bits per heavy atom. The first-order valence-corrected chi connectivity index (χ1v) is 8.83. The van der Waals surface area contributed by atoms with Crippen molar-refractivity contribution in [1.29, 1.82) is 0 Å². The normalized spacial score (nSPS) is 11.1. The number of hydrogen-bond donors (Lipinski definition) is 0. The third kappa shape index (κ3) is 2.89. The molecule has 0 amide bonds. The van der Waals surface area contributed by atoms with E-state index in [0.29, 0.717) is 0 Å². The van der Waals surface area contributed by atoms with E-state index in [4.69, 9.17) is 0 Å². The van der Waals surface area contributed by atoms with Crippen LogP contribution in [0.5, 0.6) is 0 Å². The van der Waals surface area contributed by atoms with Crippen molar-refractivity contribution >= 4 is 5.65 Å². The first-order chi connectivity index (χ1) is 13.4. The van der Waals surface area contributed by atoms with Gasteiger partial charge in [-0.15, -0.1) is 0 Å². The first kappa shape index (κ1) is 15.5. The molecule has 0 radical (unpaired) electrons. The van der Waals surface area contributed by atoms with Crippen LogP contribution in [0.3, 0.4) is 0 Å². The molecule has 0 atom stereocenters. The summed E-state index contributed by atoms with van der Waals surface area (Å²) in [6.45, 7) is 0. The Bertz CT molecular complexity index is 1190. The zero-order valence-corrected chi connectivity index (χ0v) is 14.6. The Balaban J connectivity index is 1.58. The summed E-state index contributed by atoms with van der Waals surface area (Å²) in [7, 11) is 0. The van der Waals surface area contributed by atoms with Gasteiger partial charge in [0, 0.05) is 41.8 Å². The highest BCUT2D eigenvalue weighted by Gasteiger charge is 2.11. The van der Waals surface area contributed by atoms with Crippen LogP contribution < -0.4 is 0 Å². The monoisotopic (exact) mass is 351 g/mol. The van der Waals surface area contributed by atoms with E-state index in [9.17, 15) is 0 Å². The van der Waals surface area contributed by atoms with Crippen LogP contribution in [0.2, 0.25) is 0 Å². The van der Waals surface area contributed by atoms with Crippen LogP contribution in [0.1, 0.15) is 11.1 Å². The van der Waals surface area contributed by atoms with Gasteiger partial charge in [-0.05, 0) is 23.8 Å². The van der Waals surface area contributed by atoms with E-state index in [2.05, 4.69) is 57.5 Å². The molecule has 130 valence electrons. The summed E-state index contributed by atoms with van der Waals surface area (Å²) in [6.07, 6.45) is 10.1. The summed E-state index contributed by atoms with van der Waals surface area (Å²) in [5.74, 6) is 0. The summed E-state index contributed by atoms with van der Waals surface area (Å²) in [5, 5.41) is 4.62. The van der Waals surface area contributed by atoms with Gasteiger partial charge in [0.25, 0.3) is 0 Å². The van der Waals surface area contributed by atoms with Crippen LogP contribution in [0.25, 0.3) is 22.6 Å². The second-order valence-electron chi connectivity index (χ2n) is 6.42. The summed E-state index contributed by atoms with van der Waals surface area (Å²) >= 11 is 0. The average Bonchev–Trinajstić information content (AvgIpc) is 3.39. The van der Waals surface area contributed by atoms with Gasteiger partial charge in [0.15, 0.2) is 5.65 Å². The van der Waals surface area contributed by atoms with Crippen LogP contribution >= 0.6 is 0 Å². The van der Waals surface area contributed by atoms with E-state index >= 15 is 0 Å². The molecular weight excluding hydrogens is 334 g/mol. The summed E-state index contributed by atoms with van der Waals surface area (Å²) in [6, 6.07) is 20.7. The molecule has 0 unspecified atom stereocenters. The number of aromatic nitrogens is 5. The fraction of sp³-hybridized carbons (Fsp3) is 0.0455. The smallest absolute Gasteiger partial charge is 0.159 e. The van der Waals surface area contributed by atoms with Gasteiger partial charge >= 0.3 is 0 Å². The van der Waals surface area contributed by atoms with Crippen LogP contribution in [0.15, 0.2) is 91.8 Å². The molecule has 0 bridgehead atoms. The third-order valence-corrected chi connectivity index (χ3v) is 4.66. The maximum atomic E-state index is 4.62. The average molecular weight is 351 g/mol. The molecule has 5 nitrogen and oxygen atoms in total. The quantitative estimate of drug-likeness (QED) is 0.488. The topological polar surface area (TPSA) is 48.0 Å². The number of benzene rings is 2. The van der Waals surface area contributed by atoms with E-state index < -0.39 is 0 Å². The van der Waals surface area contributed by atoms with Gasteiger partial charge in [-0.2, -0.15) is 5.10 Å². The van der Waals surface area contributed by atoms with Crippen molar-refractivity contribution in [3.8, 4) is 16.9 Å². The summed E-state index contributed by atoms with van der Waals surface area (Å²) in [4.78, 5) is 8.71. The standard InChI is InChI=1S/C22H17N5/c1-2-5-17(6-3-1)13-19-15-25-27-21(9-10-24-22(19)27)18-7-4-8-20(14-18)26-12-11-23-16-26/h1-12,14-16H,13H2. The lowest BCUT2D eigenvalue weighted by molar-refractivity contribution is 0.947. The van der Waals surface area contributed by atoms with Crippen molar-refractivity contribution in [2.75, 3.05) is 0 Å². The minimum absolute atomic E-state index is 0.815. The van der Waals surface area contributed by atoms with Crippen molar-refractivity contribution in [3.05, 3.63) is 103 Å². The molecular formula is C22H17N5. The van der Waals surface area contributed by atoms with E-state index in [1.54, 1.807) is 12.5 Å². The minimum Gasteiger partial charge on any atom is -0.306 e. The van der Waals surface area contributed by atoms with Gasteiger partial charge in [-0.25, -0.2) is 14.5 Å². The number of imidazole rings is 1. The van der Waals surface area contributed by atoms with E-state index in [0.717, 1.165) is 34.6 Å². The third-order valence-electron chi connectivity index (χ3n) is 4.66. The number of rotatable bonds is 4. The van der Waals surface area contributed by atoms with Crippen molar-refractivity contribution in [3.63, 3.8) is 0 Å². The highest BCUT2D eigenvalue weighted by atomic mass is 15.3. The Labute approximate surface area is 156 Å². The molecule has 5 aromatic rings. The molecule has 27 heavy (non-hydrogen) atoms. The molecule has 3 heterocycles. The largest absolute Gasteiger partial charge is 0.306 e. The predicted octanol–water partition coefficient (Wildman–Crippen LogP) is 4.17. The fourth-order valence-electron chi connectivity index (χ4n) is 3.34. The van der Waals surface area contributed by atoms with Crippen LogP contribution in [0.4, 0.5) is 0 Å². The summed E-state index contributed by atoms with van der Waals surface area (Å²) in [5.41, 5.74) is 6.43. The van der Waals surface area contributed by atoms with Crippen LogP contribution in [-0.2, 0) is 6.42 Å². The van der Waals surface area contributed by atoms with Gasteiger partial charge in [0.1, 0.15) is 0 Å². The predicted molar refractivity (Wildman–Crippen MR) is 105 cm³/mol. The maximum absolute atomic E-state index is 4.62. The van der Waals surface area contributed by atoms with E-state index in [1.165, 1.54) is 5.56 Å². The molecule has 0 saturated carbocycles. The van der Waals surface area contributed by atoms with Gasteiger partial charge in [0.2, 0.25) is 0 Å². The van der Waals surface area contributed by atoms with E-state index in [1.807, 2.05) is 45.9 Å². The SMILES string of the molecule is c1ccc(Cc2cnn3c(-c4cccc(-n5ccnc5)c4)ccnc23)cc1. The number of hydrogen-bond acceptors (Lipinski definition) is 3.